The number of ether oxygens (including phenoxy) is 1. The molecule has 1 atom stereocenters. The van der Waals surface area contributed by atoms with E-state index in [4.69, 9.17) is 4.74 Å². The molecule has 1 aromatic carbocycles. The van der Waals surface area contributed by atoms with Crippen molar-refractivity contribution < 1.29 is 9.84 Å². The molecule has 1 heterocycles. The standard InChI is InChI=1S/C12H9Br3O2S/c1-17-9-3-2-6(4-7(9)13)11(16)10-5-8(14)12(15)18-10/h2-5,11,16H,1H3. The summed E-state index contributed by atoms with van der Waals surface area (Å²) in [6, 6.07) is 7.47. The van der Waals surface area contributed by atoms with Gasteiger partial charge in [0.15, 0.2) is 0 Å². The lowest BCUT2D eigenvalue weighted by Crippen LogP contribution is -1.97. The highest BCUT2D eigenvalue weighted by atomic mass is 79.9. The van der Waals surface area contributed by atoms with Crippen LogP contribution in [0.15, 0.2) is 37.0 Å². The molecule has 2 aromatic rings. The van der Waals surface area contributed by atoms with Gasteiger partial charge in [-0.05, 0) is 71.6 Å². The summed E-state index contributed by atoms with van der Waals surface area (Å²) >= 11 is 11.8. The number of thiophene rings is 1. The first-order chi connectivity index (χ1) is 8.52. The Balaban J connectivity index is 2.33. The Hall–Kier alpha value is 0.120. The molecule has 0 amide bonds. The minimum atomic E-state index is -0.639. The molecule has 0 saturated heterocycles. The second kappa shape index (κ2) is 6.05. The highest BCUT2D eigenvalue weighted by molar-refractivity contribution is 9.13. The fourth-order valence-corrected chi connectivity index (χ4v) is 4.18. The van der Waals surface area contributed by atoms with Gasteiger partial charge in [-0.1, -0.05) is 6.07 Å². The first kappa shape index (κ1) is 14.5. The number of halogens is 3. The molecule has 18 heavy (non-hydrogen) atoms. The number of aliphatic hydroxyl groups is 1. The van der Waals surface area contributed by atoms with E-state index in [1.807, 2.05) is 24.3 Å². The molecule has 2 rings (SSSR count). The summed E-state index contributed by atoms with van der Waals surface area (Å²) in [5.74, 6) is 0.750. The third-order valence-corrected chi connectivity index (χ3v) is 6.35. The van der Waals surface area contributed by atoms with Crippen LogP contribution in [0.3, 0.4) is 0 Å². The Morgan fingerprint density at radius 2 is 1.89 bits per heavy atom. The Morgan fingerprint density at radius 3 is 2.39 bits per heavy atom. The zero-order valence-corrected chi connectivity index (χ0v) is 14.9. The van der Waals surface area contributed by atoms with E-state index in [9.17, 15) is 5.11 Å². The van der Waals surface area contributed by atoms with Crippen molar-refractivity contribution >= 4 is 59.1 Å². The third-order valence-electron chi connectivity index (χ3n) is 2.43. The fourth-order valence-electron chi connectivity index (χ4n) is 1.52. The smallest absolute Gasteiger partial charge is 0.133 e. The highest BCUT2D eigenvalue weighted by Crippen LogP contribution is 2.38. The normalized spacial score (nSPS) is 12.5. The van der Waals surface area contributed by atoms with E-state index < -0.39 is 6.10 Å². The van der Waals surface area contributed by atoms with Gasteiger partial charge in [0, 0.05) is 9.35 Å². The maximum absolute atomic E-state index is 10.3. The summed E-state index contributed by atoms with van der Waals surface area (Å²) in [6.45, 7) is 0. The van der Waals surface area contributed by atoms with Crippen LogP contribution in [0.25, 0.3) is 0 Å². The molecule has 1 N–H and O–H groups in total. The number of rotatable bonds is 3. The van der Waals surface area contributed by atoms with Crippen LogP contribution in [0.4, 0.5) is 0 Å². The Labute approximate surface area is 134 Å². The largest absolute Gasteiger partial charge is 0.496 e. The summed E-state index contributed by atoms with van der Waals surface area (Å²) in [5.41, 5.74) is 0.823. The van der Waals surface area contributed by atoms with E-state index in [1.54, 1.807) is 7.11 Å². The predicted molar refractivity (Wildman–Crippen MR) is 84.5 cm³/mol. The van der Waals surface area contributed by atoms with Gasteiger partial charge in [0.1, 0.15) is 11.9 Å². The van der Waals surface area contributed by atoms with Crippen LogP contribution in [0, 0.1) is 0 Å². The Morgan fingerprint density at radius 1 is 1.17 bits per heavy atom. The van der Waals surface area contributed by atoms with Crippen LogP contribution in [0.1, 0.15) is 16.5 Å². The summed E-state index contributed by atoms with van der Waals surface area (Å²) in [6.07, 6.45) is -0.639. The van der Waals surface area contributed by atoms with Crippen LogP contribution >= 0.6 is 59.1 Å². The van der Waals surface area contributed by atoms with Gasteiger partial charge in [0.2, 0.25) is 0 Å². The number of hydrogen-bond donors (Lipinski definition) is 1. The summed E-state index contributed by atoms with van der Waals surface area (Å²) in [4.78, 5) is 0.880. The zero-order valence-electron chi connectivity index (χ0n) is 9.28. The van der Waals surface area contributed by atoms with Gasteiger partial charge in [-0.25, -0.2) is 0 Å². The number of methoxy groups -OCH3 is 1. The second-order valence-electron chi connectivity index (χ2n) is 3.57. The van der Waals surface area contributed by atoms with E-state index in [2.05, 4.69) is 47.8 Å². The van der Waals surface area contributed by atoms with Crippen LogP contribution in [-0.4, -0.2) is 12.2 Å². The van der Waals surface area contributed by atoms with Gasteiger partial charge in [0.25, 0.3) is 0 Å². The minimum Gasteiger partial charge on any atom is -0.496 e. The topological polar surface area (TPSA) is 29.5 Å². The number of aliphatic hydroxyl groups excluding tert-OH is 1. The number of benzene rings is 1. The van der Waals surface area contributed by atoms with Crippen LogP contribution in [0.5, 0.6) is 5.75 Å². The third kappa shape index (κ3) is 2.99. The van der Waals surface area contributed by atoms with E-state index >= 15 is 0 Å². The molecule has 0 radical (unpaired) electrons. The molecule has 0 aliphatic heterocycles. The Bertz CT molecular complexity index is 549. The van der Waals surface area contributed by atoms with Crippen molar-refractivity contribution in [1.29, 1.82) is 0 Å². The molecule has 1 unspecified atom stereocenters. The maximum atomic E-state index is 10.3. The van der Waals surface area contributed by atoms with Crippen molar-refractivity contribution in [1.82, 2.24) is 0 Å². The lowest BCUT2D eigenvalue weighted by molar-refractivity contribution is 0.224. The average Bonchev–Trinajstić information content (AvgIpc) is 2.68. The van der Waals surface area contributed by atoms with Gasteiger partial charge in [0.05, 0.1) is 15.4 Å². The predicted octanol–water partition coefficient (Wildman–Crippen LogP) is 5.13. The van der Waals surface area contributed by atoms with Crippen LogP contribution < -0.4 is 4.74 Å². The molecule has 0 aliphatic rings. The number of hydrogen-bond acceptors (Lipinski definition) is 3. The molecule has 0 aliphatic carbocycles. The van der Waals surface area contributed by atoms with Gasteiger partial charge in [-0.15, -0.1) is 11.3 Å². The first-order valence-electron chi connectivity index (χ1n) is 4.99. The van der Waals surface area contributed by atoms with Gasteiger partial charge in [-0.3, -0.25) is 0 Å². The van der Waals surface area contributed by atoms with Gasteiger partial charge < -0.3 is 9.84 Å². The summed E-state index contributed by atoms with van der Waals surface area (Å²) < 4.78 is 7.93. The molecule has 0 fully saturated rings. The van der Waals surface area contributed by atoms with Crippen LogP contribution in [0.2, 0.25) is 0 Å². The van der Waals surface area contributed by atoms with Crippen molar-refractivity contribution in [3.8, 4) is 5.75 Å². The fraction of sp³-hybridized carbons (Fsp3) is 0.167. The lowest BCUT2D eigenvalue weighted by atomic mass is 10.1. The van der Waals surface area contributed by atoms with E-state index in [0.29, 0.717) is 0 Å². The van der Waals surface area contributed by atoms with Crippen molar-refractivity contribution in [2.75, 3.05) is 7.11 Å². The first-order valence-corrected chi connectivity index (χ1v) is 8.18. The monoisotopic (exact) mass is 454 g/mol. The van der Waals surface area contributed by atoms with Crippen molar-refractivity contribution in [2.45, 2.75) is 6.10 Å². The summed E-state index contributed by atoms with van der Waals surface area (Å²) in [5, 5.41) is 10.3. The quantitative estimate of drug-likeness (QED) is 0.694. The lowest BCUT2D eigenvalue weighted by Gasteiger charge is -2.11. The highest BCUT2D eigenvalue weighted by Gasteiger charge is 2.16. The van der Waals surface area contributed by atoms with E-state index in [0.717, 1.165) is 28.9 Å². The average molecular weight is 457 g/mol. The summed E-state index contributed by atoms with van der Waals surface area (Å²) in [7, 11) is 1.61. The molecular weight excluding hydrogens is 448 g/mol. The molecular formula is C12H9Br3O2S. The minimum absolute atomic E-state index is 0.639. The molecule has 2 nitrogen and oxygen atoms in total. The van der Waals surface area contributed by atoms with E-state index in [-0.39, 0.29) is 0 Å². The van der Waals surface area contributed by atoms with Crippen molar-refractivity contribution in [3.63, 3.8) is 0 Å². The molecule has 6 heteroatoms. The molecule has 96 valence electrons. The van der Waals surface area contributed by atoms with E-state index in [1.165, 1.54) is 11.3 Å². The molecule has 0 saturated carbocycles. The zero-order chi connectivity index (χ0) is 13.3. The van der Waals surface area contributed by atoms with Gasteiger partial charge in [-0.2, -0.15) is 0 Å². The molecule has 1 aromatic heterocycles. The Kier molecular flexibility index (Phi) is 4.88. The van der Waals surface area contributed by atoms with Gasteiger partial charge >= 0.3 is 0 Å². The maximum Gasteiger partial charge on any atom is 0.133 e. The SMILES string of the molecule is COc1ccc(C(O)c2cc(Br)c(Br)s2)cc1Br. The molecule has 0 spiro atoms. The molecule has 0 bridgehead atoms. The second-order valence-corrected chi connectivity index (χ2v) is 7.68. The van der Waals surface area contributed by atoms with Crippen molar-refractivity contribution in [2.24, 2.45) is 0 Å². The van der Waals surface area contributed by atoms with Crippen molar-refractivity contribution in [3.05, 3.63) is 47.4 Å². The van der Waals surface area contributed by atoms with Crippen LogP contribution in [-0.2, 0) is 0 Å².